The molecule has 1 aliphatic heterocycles. The maximum absolute atomic E-state index is 13.4. The topological polar surface area (TPSA) is 118 Å². The number of rotatable bonds is 9. The molecule has 1 saturated carbocycles. The van der Waals surface area contributed by atoms with E-state index < -0.39 is 6.67 Å². The maximum atomic E-state index is 13.4. The van der Waals surface area contributed by atoms with Gasteiger partial charge in [-0.2, -0.15) is 9.61 Å². The van der Waals surface area contributed by atoms with E-state index in [-0.39, 0.29) is 29.7 Å². The first-order valence-corrected chi connectivity index (χ1v) is 12.7. The standard InChI is InChI=1S/C25H33FN8O3/c1-27-22-13-21(31-23-17(14-28-34(22)23)24(35)30-18-7-8-20(18)37-2)29-19-6-4-11-33(25(19)36)16-5-3-10-32(15-16)12-9-26/h4,6,11,13-14,16,18,20,27H,3,5,7-10,12,15H2,1-2H3,(H,29,31)(H,30,35)/t16-,18-,20-/m0/s1. The Morgan fingerprint density at radius 2 is 2.16 bits per heavy atom. The Bertz CT molecular complexity index is 1320. The number of methoxy groups -OCH3 is 1. The molecule has 3 aromatic heterocycles. The minimum atomic E-state index is -0.395. The lowest BCUT2D eigenvalue weighted by Crippen LogP contribution is -2.51. The van der Waals surface area contributed by atoms with Crippen molar-refractivity contribution in [3.63, 3.8) is 0 Å². The van der Waals surface area contributed by atoms with Crippen molar-refractivity contribution in [2.75, 3.05) is 51.1 Å². The number of carbonyl (C=O) groups excluding carboxylic acids is 1. The smallest absolute Gasteiger partial charge is 0.274 e. The molecule has 11 nitrogen and oxygen atoms in total. The zero-order chi connectivity index (χ0) is 25.9. The number of hydrogen-bond donors (Lipinski definition) is 3. The average Bonchev–Trinajstić information content (AvgIpc) is 3.32. The van der Waals surface area contributed by atoms with Crippen molar-refractivity contribution in [3.05, 3.63) is 46.5 Å². The van der Waals surface area contributed by atoms with E-state index in [0.717, 1.165) is 32.2 Å². The molecule has 0 aromatic carbocycles. The van der Waals surface area contributed by atoms with Crippen LogP contribution in [-0.4, -0.2) is 82.6 Å². The highest BCUT2D eigenvalue weighted by Gasteiger charge is 2.33. The number of piperidine rings is 1. The second-order valence-corrected chi connectivity index (χ2v) is 9.55. The van der Waals surface area contributed by atoms with Crippen LogP contribution in [-0.2, 0) is 4.74 Å². The third-order valence-corrected chi connectivity index (χ3v) is 7.31. The quantitative estimate of drug-likeness (QED) is 0.400. The van der Waals surface area contributed by atoms with E-state index in [4.69, 9.17) is 4.74 Å². The molecular weight excluding hydrogens is 479 g/mol. The molecule has 0 bridgehead atoms. The minimum Gasteiger partial charge on any atom is -0.379 e. The first kappa shape index (κ1) is 25.2. The third kappa shape index (κ3) is 5.03. The van der Waals surface area contributed by atoms with Crippen LogP contribution in [0.15, 0.2) is 35.4 Å². The predicted octanol–water partition coefficient (Wildman–Crippen LogP) is 2.19. The van der Waals surface area contributed by atoms with Crippen LogP contribution in [0.1, 0.15) is 42.1 Å². The summed E-state index contributed by atoms with van der Waals surface area (Å²) >= 11 is 0. The van der Waals surface area contributed by atoms with Crippen molar-refractivity contribution in [1.29, 1.82) is 0 Å². The van der Waals surface area contributed by atoms with E-state index in [0.29, 0.717) is 41.6 Å². The summed E-state index contributed by atoms with van der Waals surface area (Å²) in [7, 11) is 3.39. The van der Waals surface area contributed by atoms with Gasteiger partial charge in [-0.15, -0.1) is 0 Å². The molecule has 3 N–H and O–H groups in total. The summed E-state index contributed by atoms with van der Waals surface area (Å²) in [6.45, 7) is 1.47. The number of nitrogens with zero attached hydrogens (tertiary/aromatic N) is 5. The van der Waals surface area contributed by atoms with Gasteiger partial charge in [-0.1, -0.05) is 0 Å². The van der Waals surface area contributed by atoms with Crippen LogP contribution in [0.5, 0.6) is 0 Å². The molecule has 2 aliphatic rings. The molecule has 1 aliphatic carbocycles. The predicted molar refractivity (Wildman–Crippen MR) is 138 cm³/mol. The molecule has 3 aromatic rings. The molecule has 1 saturated heterocycles. The number of likely N-dealkylation sites (tertiary alicyclic amines) is 1. The number of alkyl halides is 1. The number of carbonyl (C=O) groups is 1. The second-order valence-electron chi connectivity index (χ2n) is 9.55. The molecule has 0 radical (unpaired) electrons. The Morgan fingerprint density at radius 3 is 2.89 bits per heavy atom. The Labute approximate surface area is 214 Å². The lowest BCUT2D eigenvalue weighted by Gasteiger charge is -2.35. The number of aromatic nitrogens is 4. The molecule has 5 rings (SSSR count). The Morgan fingerprint density at radius 1 is 1.30 bits per heavy atom. The van der Waals surface area contributed by atoms with Crippen LogP contribution in [0.2, 0.25) is 0 Å². The lowest BCUT2D eigenvalue weighted by molar-refractivity contribution is 0.00732. The highest BCUT2D eigenvalue weighted by molar-refractivity contribution is 6.00. The number of halogens is 1. The van der Waals surface area contributed by atoms with Gasteiger partial charge in [0.15, 0.2) is 5.65 Å². The Hall–Kier alpha value is -3.51. The van der Waals surface area contributed by atoms with Crippen molar-refractivity contribution < 1.29 is 13.9 Å². The van der Waals surface area contributed by atoms with Gasteiger partial charge >= 0.3 is 0 Å². The second kappa shape index (κ2) is 10.9. The average molecular weight is 513 g/mol. The van der Waals surface area contributed by atoms with E-state index >= 15 is 0 Å². The summed E-state index contributed by atoms with van der Waals surface area (Å²) in [5.41, 5.74) is 0.893. The van der Waals surface area contributed by atoms with Gasteiger partial charge < -0.3 is 25.3 Å². The number of pyridine rings is 1. The summed E-state index contributed by atoms with van der Waals surface area (Å²) in [5.74, 6) is 0.739. The largest absolute Gasteiger partial charge is 0.379 e. The first-order chi connectivity index (χ1) is 18.0. The fourth-order valence-electron chi connectivity index (χ4n) is 5.14. The van der Waals surface area contributed by atoms with Gasteiger partial charge in [0.25, 0.3) is 11.5 Å². The first-order valence-electron chi connectivity index (χ1n) is 12.7. The van der Waals surface area contributed by atoms with Crippen LogP contribution in [0, 0.1) is 0 Å². The van der Waals surface area contributed by atoms with Crippen molar-refractivity contribution >= 4 is 28.9 Å². The van der Waals surface area contributed by atoms with Crippen molar-refractivity contribution in [2.24, 2.45) is 0 Å². The summed E-state index contributed by atoms with van der Waals surface area (Å²) in [6, 6.07) is 5.19. The SMILES string of the molecule is CNc1cc(Nc2cccn([C@H]3CCCN(CCF)C3)c2=O)nc2c(C(=O)N[C@H]3CC[C@@H]3OC)cnn12. The van der Waals surface area contributed by atoms with Gasteiger partial charge in [0.05, 0.1) is 18.3 Å². The zero-order valence-electron chi connectivity index (χ0n) is 21.1. The summed E-state index contributed by atoms with van der Waals surface area (Å²) in [5, 5.41) is 13.6. The summed E-state index contributed by atoms with van der Waals surface area (Å²) < 4.78 is 21.5. The van der Waals surface area contributed by atoms with Gasteiger partial charge in [0, 0.05) is 45.6 Å². The van der Waals surface area contributed by atoms with Gasteiger partial charge in [-0.05, 0) is 44.4 Å². The molecule has 2 fully saturated rings. The number of anilines is 3. The van der Waals surface area contributed by atoms with Crippen LogP contribution in [0.25, 0.3) is 5.65 Å². The van der Waals surface area contributed by atoms with Crippen LogP contribution < -0.4 is 21.5 Å². The molecule has 1 amide bonds. The van der Waals surface area contributed by atoms with E-state index in [2.05, 4.69) is 30.9 Å². The Balaban J connectivity index is 1.41. The molecule has 0 unspecified atom stereocenters. The van der Waals surface area contributed by atoms with E-state index in [9.17, 15) is 14.0 Å². The minimum absolute atomic E-state index is 0.0114. The fraction of sp³-hybridized carbons (Fsp3) is 0.520. The van der Waals surface area contributed by atoms with E-state index in [1.54, 1.807) is 41.6 Å². The highest BCUT2D eigenvalue weighted by Crippen LogP contribution is 2.25. The summed E-state index contributed by atoms with van der Waals surface area (Å²) in [6.07, 6.45) is 6.83. The monoisotopic (exact) mass is 512 g/mol. The molecule has 12 heteroatoms. The van der Waals surface area contributed by atoms with Crippen LogP contribution in [0.3, 0.4) is 0 Å². The molecule has 0 spiro atoms. The number of nitrogens with one attached hydrogen (secondary N) is 3. The van der Waals surface area contributed by atoms with Gasteiger partial charge in [0.1, 0.15) is 29.6 Å². The molecule has 198 valence electrons. The number of fused-ring (bicyclic) bond motifs is 1. The van der Waals surface area contributed by atoms with Crippen LogP contribution in [0.4, 0.5) is 21.7 Å². The third-order valence-electron chi connectivity index (χ3n) is 7.31. The van der Waals surface area contributed by atoms with E-state index in [1.165, 1.54) is 6.20 Å². The summed E-state index contributed by atoms with van der Waals surface area (Å²) in [4.78, 5) is 33.1. The highest BCUT2D eigenvalue weighted by atomic mass is 19.1. The van der Waals surface area contributed by atoms with Crippen molar-refractivity contribution in [2.45, 2.75) is 43.9 Å². The lowest BCUT2D eigenvalue weighted by atomic mass is 9.89. The normalized spacial score (nSPS) is 22.0. The molecule has 4 heterocycles. The van der Waals surface area contributed by atoms with E-state index in [1.807, 2.05) is 6.07 Å². The zero-order valence-corrected chi connectivity index (χ0v) is 21.1. The number of hydrogen-bond acceptors (Lipinski definition) is 8. The van der Waals surface area contributed by atoms with Gasteiger partial charge in [-0.3, -0.25) is 14.5 Å². The molecular formula is C25H33FN8O3. The molecule has 37 heavy (non-hydrogen) atoms. The Kier molecular flexibility index (Phi) is 7.38. The van der Waals surface area contributed by atoms with Crippen molar-refractivity contribution in [3.8, 4) is 0 Å². The van der Waals surface area contributed by atoms with Crippen molar-refractivity contribution in [1.82, 2.24) is 29.4 Å². The maximum Gasteiger partial charge on any atom is 0.274 e. The van der Waals surface area contributed by atoms with Crippen LogP contribution >= 0.6 is 0 Å². The fourth-order valence-corrected chi connectivity index (χ4v) is 5.14. The van der Waals surface area contributed by atoms with Gasteiger partial charge in [0.2, 0.25) is 0 Å². The number of amides is 1. The number of ether oxygens (including phenoxy) is 1. The van der Waals surface area contributed by atoms with Gasteiger partial charge in [-0.25, -0.2) is 9.37 Å². The molecule has 3 atom stereocenters.